The van der Waals surface area contributed by atoms with Crippen molar-refractivity contribution in [2.45, 2.75) is 40.2 Å². The van der Waals surface area contributed by atoms with Crippen LogP contribution in [0.25, 0.3) is 5.57 Å². The van der Waals surface area contributed by atoms with Gasteiger partial charge in [-0.3, -0.25) is 4.79 Å². The molecule has 0 spiro atoms. The second-order valence-corrected chi connectivity index (χ2v) is 8.16. The summed E-state index contributed by atoms with van der Waals surface area (Å²) in [6.45, 7) is 8.19. The second kappa shape index (κ2) is 7.94. The molecule has 0 aromatic heterocycles. The third kappa shape index (κ3) is 3.70. The Bertz CT molecular complexity index is 1110. The van der Waals surface area contributed by atoms with Gasteiger partial charge in [0, 0.05) is 16.8 Å². The number of benzene rings is 2. The highest BCUT2D eigenvalue weighted by atomic mass is 19.1. The molecule has 1 aliphatic carbocycles. The van der Waals surface area contributed by atoms with Crippen molar-refractivity contribution in [1.29, 1.82) is 0 Å². The average Bonchev–Trinajstić information content (AvgIpc) is 2.83. The van der Waals surface area contributed by atoms with E-state index in [9.17, 15) is 9.18 Å². The number of allylic oxidation sites excluding steroid dienone is 3. The van der Waals surface area contributed by atoms with Crippen LogP contribution in [0.1, 0.15) is 47.3 Å². The van der Waals surface area contributed by atoms with E-state index in [1.165, 1.54) is 0 Å². The standard InChI is InChI=1S/C26H26FNO2/c1-16(2)30-21-11-12-22(18(4)13-21)26(29)28-15-20-14-19(8-6-10-24(20)28)23-9-5-7-17(3)25(23)27/h5-7,9-14,16H,8,15H2,1-4H3. The maximum absolute atomic E-state index is 14.6. The summed E-state index contributed by atoms with van der Waals surface area (Å²) in [4.78, 5) is 14.9. The highest BCUT2D eigenvalue weighted by molar-refractivity contribution is 5.98. The van der Waals surface area contributed by atoms with Gasteiger partial charge in [-0.15, -0.1) is 0 Å². The molecule has 2 aliphatic rings. The summed E-state index contributed by atoms with van der Waals surface area (Å²) in [6.07, 6.45) is 6.73. The van der Waals surface area contributed by atoms with Crippen molar-refractivity contribution in [2.24, 2.45) is 0 Å². The molecule has 0 fully saturated rings. The van der Waals surface area contributed by atoms with E-state index in [2.05, 4.69) is 0 Å². The summed E-state index contributed by atoms with van der Waals surface area (Å²) in [6, 6.07) is 11.1. The summed E-state index contributed by atoms with van der Waals surface area (Å²) in [5.41, 5.74) is 5.73. The Morgan fingerprint density at radius 2 is 1.93 bits per heavy atom. The Morgan fingerprint density at radius 1 is 1.13 bits per heavy atom. The van der Waals surface area contributed by atoms with Crippen LogP contribution in [0.5, 0.6) is 5.75 Å². The quantitative estimate of drug-likeness (QED) is 0.628. The first-order chi connectivity index (χ1) is 14.3. The van der Waals surface area contributed by atoms with Gasteiger partial charge in [-0.2, -0.15) is 0 Å². The van der Waals surface area contributed by atoms with E-state index in [4.69, 9.17) is 4.74 Å². The normalized spacial score (nSPS) is 15.5. The number of nitrogens with zero attached hydrogens (tertiary/aromatic N) is 1. The topological polar surface area (TPSA) is 29.5 Å². The number of carbonyl (C=O) groups is 1. The largest absolute Gasteiger partial charge is 0.491 e. The number of hydrogen-bond donors (Lipinski definition) is 0. The molecule has 1 aliphatic heterocycles. The van der Waals surface area contributed by atoms with Crippen LogP contribution in [0.3, 0.4) is 0 Å². The lowest BCUT2D eigenvalue weighted by Gasteiger charge is -2.35. The van der Waals surface area contributed by atoms with Crippen LogP contribution in [-0.4, -0.2) is 23.5 Å². The predicted octanol–water partition coefficient (Wildman–Crippen LogP) is 5.98. The number of carbonyl (C=O) groups excluding carboxylic acids is 1. The Kier molecular flexibility index (Phi) is 5.33. The van der Waals surface area contributed by atoms with Crippen molar-refractivity contribution in [1.82, 2.24) is 4.90 Å². The minimum Gasteiger partial charge on any atom is -0.491 e. The fourth-order valence-corrected chi connectivity index (χ4v) is 3.93. The molecule has 2 aromatic carbocycles. The molecule has 30 heavy (non-hydrogen) atoms. The molecule has 0 unspecified atom stereocenters. The molecule has 1 heterocycles. The molecule has 4 heteroatoms. The van der Waals surface area contributed by atoms with Crippen LogP contribution in [0.2, 0.25) is 0 Å². The number of ether oxygens (including phenoxy) is 1. The summed E-state index contributed by atoms with van der Waals surface area (Å²) in [7, 11) is 0. The zero-order chi connectivity index (χ0) is 21.4. The van der Waals surface area contributed by atoms with Gasteiger partial charge in [-0.25, -0.2) is 4.39 Å². The van der Waals surface area contributed by atoms with E-state index < -0.39 is 0 Å². The molecule has 0 radical (unpaired) electrons. The van der Waals surface area contributed by atoms with Crippen molar-refractivity contribution in [2.75, 3.05) is 6.54 Å². The van der Waals surface area contributed by atoms with E-state index in [1.807, 2.05) is 69.3 Å². The molecule has 0 bridgehead atoms. The minimum atomic E-state index is -0.173. The van der Waals surface area contributed by atoms with E-state index >= 15 is 0 Å². The van der Waals surface area contributed by atoms with Gasteiger partial charge < -0.3 is 9.64 Å². The monoisotopic (exact) mass is 403 g/mol. The van der Waals surface area contributed by atoms with Gasteiger partial charge in [-0.05, 0) is 80.7 Å². The molecule has 2 aromatic rings. The smallest absolute Gasteiger partial charge is 0.258 e. The van der Waals surface area contributed by atoms with Crippen molar-refractivity contribution >= 4 is 11.5 Å². The zero-order valence-electron chi connectivity index (χ0n) is 17.8. The lowest BCUT2D eigenvalue weighted by molar-refractivity contribution is 0.0795. The summed E-state index contributed by atoms with van der Waals surface area (Å²) >= 11 is 0. The fraction of sp³-hybridized carbons (Fsp3) is 0.269. The molecule has 0 saturated carbocycles. The van der Waals surface area contributed by atoms with Gasteiger partial charge >= 0.3 is 0 Å². The van der Waals surface area contributed by atoms with Crippen LogP contribution in [0, 0.1) is 19.7 Å². The molecule has 0 atom stereocenters. The van der Waals surface area contributed by atoms with E-state index in [0.717, 1.165) is 28.2 Å². The van der Waals surface area contributed by atoms with Gasteiger partial charge in [0.05, 0.1) is 12.6 Å². The Labute approximate surface area is 177 Å². The summed E-state index contributed by atoms with van der Waals surface area (Å²) in [5.74, 6) is 0.572. The van der Waals surface area contributed by atoms with E-state index in [1.54, 1.807) is 17.9 Å². The molecule has 0 saturated heterocycles. The second-order valence-electron chi connectivity index (χ2n) is 8.16. The SMILES string of the molecule is Cc1cc(OC(C)C)ccc1C(=O)N1CC2=C1C=CCC(c1cccc(C)c1F)=C2. The first kappa shape index (κ1) is 20.1. The fourth-order valence-electron chi connectivity index (χ4n) is 3.93. The van der Waals surface area contributed by atoms with E-state index in [-0.39, 0.29) is 17.8 Å². The number of rotatable bonds is 4. The van der Waals surface area contributed by atoms with Crippen LogP contribution < -0.4 is 4.74 Å². The molecular weight excluding hydrogens is 377 g/mol. The van der Waals surface area contributed by atoms with Gasteiger partial charge in [0.15, 0.2) is 0 Å². The molecule has 4 rings (SSSR count). The molecule has 1 amide bonds. The molecule has 154 valence electrons. The van der Waals surface area contributed by atoms with Gasteiger partial charge in [0.1, 0.15) is 11.6 Å². The number of halogens is 1. The third-order valence-corrected chi connectivity index (χ3v) is 5.49. The minimum absolute atomic E-state index is 0.0226. The first-order valence-corrected chi connectivity index (χ1v) is 10.3. The number of hydrogen-bond acceptors (Lipinski definition) is 2. The number of amides is 1. The van der Waals surface area contributed by atoms with Crippen molar-refractivity contribution in [3.05, 3.63) is 94.0 Å². The maximum Gasteiger partial charge on any atom is 0.258 e. The third-order valence-electron chi connectivity index (χ3n) is 5.49. The molecule has 0 N–H and O–H groups in total. The number of aryl methyl sites for hydroxylation is 2. The van der Waals surface area contributed by atoms with E-state index in [0.29, 0.717) is 29.7 Å². The van der Waals surface area contributed by atoms with Crippen molar-refractivity contribution in [3.63, 3.8) is 0 Å². The van der Waals surface area contributed by atoms with Crippen LogP contribution >= 0.6 is 0 Å². The van der Waals surface area contributed by atoms with Crippen molar-refractivity contribution in [3.8, 4) is 5.75 Å². The van der Waals surface area contributed by atoms with Crippen molar-refractivity contribution < 1.29 is 13.9 Å². The Morgan fingerprint density at radius 3 is 2.67 bits per heavy atom. The van der Waals surface area contributed by atoms with Crippen LogP contribution in [-0.2, 0) is 0 Å². The molecule has 3 nitrogen and oxygen atoms in total. The highest BCUT2D eigenvalue weighted by Gasteiger charge is 2.31. The van der Waals surface area contributed by atoms with Crippen LogP contribution in [0.4, 0.5) is 4.39 Å². The lowest BCUT2D eigenvalue weighted by atomic mass is 9.96. The highest BCUT2D eigenvalue weighted by Crippen LogP contribution is 2.35. The van der Waals surface area contributed by atoms with Gasteiger partial charge in [-0.1, -0.05) is 30.4 Å². The first-order valence-electron chi connectivity index (χ1n) is 10.3. The van der Waals surface area contributed by atoms with Gasteiger partial charge in [0.2, 0.25) is 0 Å². The van der Waals surface area contributed by atoms with Gasteiger partial charge in [0.25, 0.3) is 5.91 Å². The maximum atomic E-state index is 14.6. The summed E-state index contributed by atoms with van der Waals surface area (Å²) < 4.78 is 20.3. The predicted molar refractivity (Wildman–Crippen MR) is 118 cm³/mol. The summed E-state index contributed by atoms with van der Waals surface area (Å²) in [5, 5.41) is 0. The molecular formula is C26H26FNO2. The van der Waals surface area contributed by atoms with Crippen LogP contribution in [0.15, 0.2) is 65.9 Å². The average molecular weight is 403 g/mol. The Balaban J connectivity index is 1.59. The lowest BCUT2D eigenvalue weighted by Crippen LogP contribution is -2.40. The Hall–Kier alpha value is -3.14. The zero-order valence-corrected chi connectivity index (χ0v) is 17.8.